The number of nitrogen functional groups attached to an aromatic ring is 1. The van der Waals surface area contributed by atoms with E-state index in [1.165, 1.54) is 0 Å². The number of esters is 1. The molecule has 3 aromatic rings. The fraction of sp³-hybridized carbons (Fsp3) is 0.208. The molecule has 3 aromatic carbocycles. The molecular weight excluding hydrogens is 364 g/mol. The van der Waals surface area contributed by atoms with Crippen LogP contribution in [0.3, 0.4) is 0 Å². The van der Waals surface area contributed by atoms with E-state index < -0.39 is 5.60 Å². The molecule has 0 aliphatic carbocycles. The van der Waals surface area contributed by atoms with Crippen LogP contribution in [0.4, 0.5) is 11.4 Å². The lowest BCUT2D eigenvalue weighted by atomic mass is 9.77. The molecule has 0 radical (unpaired) electrons. The van der Waals surface area contributed by atoms with Crippen LogP contribution in [-0.4, -0.2) is 19.1 Å². The topological polar surface area (TPSA) is 64.8 Å². The zero-order chi connectivity index (χ0) is 20.2. The van der Waals surface area contributed by atoms with Gasteiger partial charge in [0.1, 0.15) is 11.5 Å². The van der Waals surface area contributed by atoms with Crippen LogP contribution in [0.15, 0.2) is 60.7 Å². The Hall–Kier alpha value is -3.47. The highest BCUT2D eigenvalue weighted by Gasteiger charge is 2.53. The van der Waals surface area contributed by atoms with E-state index in [0.29, 0.717) is 22.7 Å². The number of rotatable bonds is 3. The van der Waals surface area contributed by atoms with Crippen molar-refractivity contribution in [3.8, 4) is 11.5 Å². The molecular formula is C24H22N2O3. The Morgan fingerprint density at radius 3 is 2.48 bits per heavy atom. The summed E-state index contributed by atoms with van der Waals surface area (Å²) in [6, 6.07) is 19.1. The van der Waals surface area contributed by atoms with Crippen molar-refractivity contribution in [1.82, 2.24) is 0 Å². The second kappa shape index (κ2) is 6.27. The van der Waals surface area contributed by atoms with Crippen LogP contribution in [0.1, 0.15) is 40.9 Å². The van der Waals surface area contributed by atoms with Gasteiger partial charge >= 0.3 is 5.97 Å². The van der Waals surface area contributed by atoms with Gasteiger partial charge in [0.05, 0.1) is 5.56 Å². The molecule has 2 aliphatic rings. The maximum absolute atomic E-state index is 12.8. The van der Waals surface area contributed by atoms with Gasteiger partial charge in [-0.3, -0.25) is 0 Å². The molecule has 5 nitrogen and oxygen atoms in total. The highest BCUT2D eigenvalue weighted by Crippen LogP contribution is 2.56. The molecule has 5 rings (SSSR count). The monoisotopic (exact) mass is 386 g/mol. The highest BCUT2D eigenvalue weighted by molar-refractivity contribution is 5.97. The lowest BCUT2D eigenvalue weighted by Gasteiger charge is -2.37. The molecule has 2 aliphatic heterocycles. The van der Waals surface area contributed by atoms with Gasteiger partial charge in [0.25, 0.3) is 0 Å². The minimum Gasteiger partial charge on any atom is -0.456 e. The molecule has 0 amide bonds. The number of ether oxygens (including phenoxy) is 2. The number of fused-ring (bicyclic) bond motifs is 6. The third-order valence-electron chi connectivity index (χ3n) is 5.85. The first-order valence-corrected chi connectivity index (χ1v) is 9.88. The summed E-state index contributed by atoms with van der Waals surface area (Å²) in [4.78, 5) is 15.1. The zero-order valence-electron chi connectivity index (χ0n) is 16.4. The van der Waals surface area contributed by atoms with E-state index in [1.807, 2.05) is 42.5 Å². The summed E-state index contributed by atoms with van der Waals surface area (Å²) in [5.41, 5.74) is 9.65. The molecule has 1 spiro atoms. The van der Waals surface area contributed by atoms with Crippen molar-refractivity contribution in [3.63, 3.8) is 0 Å². The van der Waals surface area contributed by atoms with Gasteiger partial charge in [-0.1, -0.05) is 18.2 Å². The SMILES string of the molecule is CCN(CC)c1ccc2c(c1)Oc1ccc(N)cc1C21OC(=O)c2ccccc21. The van der Waals surface area contributed by atoms with Gasteiger partial charge in [0, 0.05) is 47.2 Å². The van der Waals surface area contributed by atoms with Crippen LogP contribution < -0.4 is 15.4 Å². The number of nitrogens with two attached hydrogens (primary N) is 1. The third-order valence-corrected chi connectivity index (χ3v) is 5.85. The molecule has 5 heteroatoms. The fourth-order valence-corrected chi connectivity index (χ4v) is 4.46. The Morgan fingerprint density at radius 1 is 0.897 bits per heavy atom. The minimum absolute atomic E-state index is 0.338. The summed E-state index contributed by atoms with van der Waals surface area (Å²) in [6.45, 7) is 6.04. The summed E-state index contributed by atoms with van der Waals surface area (Å²) in [5.74, 6) is 0.999. The van der Waals surface area contributed by atoms with Gasteiger partial charge in [-0.05, 0) is 50.2 Å². The molecule has 2 N–H and O–H groups in total. The first-order valence-electron chi connectivity index (χ1n) is 9.88. The van der Waals surface area contributed by atoms with Crippen molar-refractivity contribution in [2.24, 2.45) is 0 Å². The van der Waals surface area contributed by atoms with E-state index in [2.05, 4.69) is 24.8 Å². The van der Waals surface area contributed by atoms with Crippen molar-refractivity contribution in [2.75, 3.05) is 23.7 Å². The number of hydrogen-bond acceptors (Lipinski definition) is 5. The normalized spacial score (nSPS) is 18.5. The Balaban J connectivity index is 1.81. The average molecular weight is 386 g/mol. The van der Waals surface area contributed by atoms with Gasteiger partial charge in [-0.25, -0.2) is 4.79 Å². The molecule has 2 heterocycles. The van der Waals surface area contributed by atoms with Gasteiger partial charge in [-0.15, -0.1) is 0 Å². The Labute approximate surface area is 169 Å². The van der Waals surface area contributed by atoms with Crippen LogP contribution in [0.25, 0.3) is 0 Å². The molecule has 29 heavy (non-hydrogen) atoms. The summed E-state index contributed by atoms with van der Waals surface area (Å²) < 4.78 is 12.4. The predicted molar refractivity (Wildman–Crippen MR) is 113 cm³/mol. The van der Waals surface area contributed by atoms with E-state index in [9.17, 15) is 4.79 Å². The highest BCUT2D eigenvalue weighted by atomic mass is 16.6. The van der Waals surface area contributed by atoms with E-state index >= 15 is 0 Å². The summed E-state index contributed by atoms with van der Waals surface area (Å²) in [6.07, 6.45) is 0. The van der Waals surface area contributed by atoms with Crippen molar-refractivity contribution >= 4 is 17.3 Å². The van der Waals surface area contributed by atoms with E-state index in [-0.39, 0.29) is 5.97 Å². The van der Waals surface area contributed by atoms with Gasteiger partial charge in [0.2, 0.25) is 0 Å². The van der Waals surface area contributed by atoms with E-state index in [4.69, 9.17) is 15.2 Å². The predicted octanol–water partition coefficient (Wildman–Crippen LogP) is 4.68. The Bertz CT molecular complexity index is 1140. The maximum atomic E-state index is 12.8. The fourth-order valence-electron chi connectivity index (χ4n) is 4.46. The maximum Gasteiger partial charge on any atom is 0.340 e. The molecule has 0 fully saturated rings. The lowest BCUT2D eigenvalue weighted by Crippen LogP contribution is -2.33. The zero-order valence-corrected chi connectivity index (χ0v) is 16.4. The molecule has 0 saturated heterocycles. The van der Waals surface area contributed by atoms with E-state index in [0.717, 1.165) is 35.5 Å². The van der Waals surface area contributed by atoms with E-state index in [1.54, 1.807) is 12.1 Å². The van der Waals surface area contributed by atoms with Crippen LogP contribution in [-0.2, 0) is 10.3 Å². The van der Waals surface area contributed by atoms with Crippen molar-refractivity contribution in [1.29, 1.82) is 0 Å². The van der Waals surface area contributed by atoms with Gasteiger partial charge in [0.15, 0.2) is 5.60 Å². The third kappa shape index (κ3) is 2.37. The quantitative estimate of drug-likeness (QED) is 0.523. The van der Waals surface area contributed by atoms with Crippen LogP contribution in [0.5, 0.6) is 11.5 Å². The average Bonchev–Trinajstić information content (AvgIpc) is 3.03. The van der Waals surface area contributed by atoms with Crippen molar-refractivity contribution in [2.45, 2.75) is 19.4 Å². The molecule has 0 saturated carbocycles. The van der Waals surface area contributed by atoms with Crippen molar-refractivity contribution < 1.29 is 14.3 Å². The summed E-state index contributed by atoms with van der Waals surface area (Å²) in [5, 5.41) is 0. The van der Waals surface area contributed by atoms with Crippen molar-refractivity contribution in [3.05, 3.63) is 82.9 Å². The van der Waals surface area contributed by atoms with Crippen LogP contribution in [0.2, 0.25) is 0 Å². The summed E-state index contributed by atoms with van der Waals surface area (Å²) >= 11 is 0. The first kappa shape index (κ1) is 17.6. The molecule has 146 valence electrons. The number of carbonyl (C=O) groups excluding carboxylic acids is 1. The van der Waals surface area contributed by atoms with Gasteiger partial charge < -0.3 is 20.1 Å². The standard InChI is InChI=1S/C24H22N2O3/c1-3-26(4-2)16-10-11-19-22(14-16)28-21-12-9-15(25)13-20(21)24(19)18-8-6-5-7-17(18)23(27)29-24/h5-14H,3-4,25H2,1-2H3. The lowest BCUT2D eigenvalue weighted by molar-refractivity contribution is 0.0224. The number of benzene rings is 3. The largest absolute Gasteiger partial charge is 0.456 e. The number of hydrogen-bond donors (Lipinski definition) is 1. The molecule has 1 unspecified atom stereocenters. The first-order chi connectivity index (χ1) is 14.1. The van der Waals surface area contributed by atoms with Crippen LogP contribution >= 0.6 is 0 Å². The smallest absolute Gasteiger partial charge is 0.340 e. The molecule has 1 atom stereocenters. The Morgan fingerprint density at radius 2 is 1.69 bits per heavy atom. The summed E-state index contributed by atoms with van der Waals surface area (Å²) in [7, 11) is 0. The van der Waals surface area contributed by atoms with Gasteiger partial charge in [-0.2, -0.15) is 0 Å². The second-order valence-electron chi connectivity index (χ2n) is 7.33. The number of nitrogens with zero attached hydrogens (tertiary/aromatic N) is 1. The number of anilines is 2. The van der Waals surface area contributed by atoms with Crippen LogP contribution in [0, 0.1) is 0 Å². The molecule has 0 bridgehead atoms. The Kier molecular flexibility index (Phi) is 3.81. The minimum atomic E-state index is -1.06. The molecule has 0 aromatic heterocycles. The second-order valence-corrected chi connectivity index (χ2v) is 7.33. The number of carbonyl (C=O) groups is 1.